The Balaban J connectivity index is 3.28. The van der Waals surface area contributed by atoms with E-state index in [0.717, 1.165) is 19.3 Å². The maximum atomic E-state index is 10.9. The summed E-state index contributed by atoms with van der Waals surface area (Å²) in [5.41, 5.74) is 0. The van der Waals surface area contributed by atoms with E-state index in [2.05, 4.69) is 18.2 Å². The van der Waals surface area contributed by atoms with Crippen LogP contribution in [0.1, 0.15) is 39.5 Å². The SMILES string of the molecule is C/C=C/C/C=C/CCCC(=O)OCC. The molecular weight excluding hydrogens is 176 g/mol. The van der Waals surface area contributed by atoms with E-state index in [9.17, 15) is 4.79 Å². The maximum Gasteiger partial charge on any atom is 0.305 e. The summed E-state index contributed by atoms with van der Waals surface area (Å²) in [5, 5.41) is 0. The molecule has 0 aliphatic carbocycles. The van der Waals surface area contributed by atoms with Gasteiger partial charge in [-0.1, -0.05) is 24.3 Å². The number of rotatable bonds is 7. The van der Waals surface area contributed by atoms with Crippen molar-refractivity contribution in [3.8, 4) is 0 Å². The fourth-order valence-electron chi connectivity index (χ4n) is 1.03. The minimum Gasteiger partial charge on any atom is -0.466 e. The molecule has 0 radical (unpaired) electrons. The monoisotopic (exact) mass is 196 g/mol. The molecule has 0 aromatic carbocycles. The molecule has 0 fully saturated rings. The lowest BCUT2D eigenvalue weighted by Crippen LogP contribution is -2.02. The molecular formula is C12H20O2. The molecule has 2 nitrogen and oxygen atoms in total. The van der Waals surface area contributed by atoms with Crippen molar-refractivity contribution in [1.82, 2.24) is 0 Å². The molecule has 0 spiro atoms. The average molecular weight is 196 g/mol. The lowest BCUT2D eigenvalue weighted by molar-refractivity contribution is -0.143. The first-order valence-corrected chi connectivity index (χ1v) is 5.23. The van der Waals surface area contributed by atoms with Crippen LogP contribution in [0.4, 0.5) is 0 Å². The van der Waals surface area contributed by atoms with Gasteiger partial charge in [-0.25, -0.2) is 0 Å². The zero-order chi connectivity index (χ0) is 10.6. The second-order valence-corrected chi connectivity index (χ2v) is 2.97. The molecule has 0 rings (SSSR count). The minimum absolute atomic E-state index is 0.0886. The van der Waals surface area contributed by atoms with Crippen LogP contribution >= 0.6 is 0 Å². The third kappa shape index (κ3) is 9.04. The van der Waals surface area contributed by atoms with Crippen LogP contribution < -0.4 is 0 Å². The van der Waals surface area contributed by atoms with Crippen molar-refractivity contribution in [2.24, 2.45) is 0 Å². The smallest absolute Gasteiger partial charge is 0.305 e. The van der Waals surface area contributed by atoms with Gasteiger partial charge in [0.1, 0.15) is 0 Å². The Morgan fingerprint density at radius 3 is 2.71 bits per heavy atom. The number of allylic oxidation sites excluding steroid dienone is 4. The molecule has 0 aliphatic heterocycles. The van der Waals surface area contributed by atoms with Gasteiger partial charge in [-0.05, 0) is 33.1 Å². The van der Waals surface area contributed by atoms with E-state index in [4.69, 9.17) is 4.74 Å². The molecule has 0 heterocycles. The van der Waals surface area contributed by atoms with Crippen LogP contribution in [0.5, 0.6) is 0 Å². The molecule has 0 bridgehead atoms. The number of unbranched alkanes of at least 4 members (excludes halogenated alkanes) is 1. The van der Waals surface area contributed by atoms with E-state index >= 15 is 0 Å². The summed E-state index contributed by atoms with van der Waals surface area (Å²) in [6.45, 7) is 4.32. The molecule has 0 amide bonds. The highest BCUT2D eigenvalue weighted by atomic mass is 16.5. The van der Waals surface area contributed by atoms with Crippen LogP contribution in [-0.2, 0) is 9.53 Å². The van der Waals surface area contributed by atoms with Gasteiger partial charge in [0.15, 0.2) is 0 Å². The average Bonchev–Trinajstić information content (AvgIpc) is 2.17. The number of carbonyl (C=O) groups excluding carboxylic acids is 1. The number of carbonyl (C=O) groups is 1. The fourth-order valence-corrected chi connectivity index (χ4v) is 1.03. The first-order valence-electron chi connectivity index (χ1n) is 5.23. The van der Waals surface area contributed by atoms with E-state index in [1.54, 1.807) is 0 Å². The summed E-state index contributed by atoms with van der Waals surface area (Å²) < 4.78 is 4.81. The van der Waals surface area contributed by atoms with Crippen molar-refractivity contribution in [3.05, 3.63) is 24.3 Å². The minimum atomic E-state index is -0.0886. The highest BCUT2D eigenvalue weighted by Crippen LogP contribution is 1.99. The van der Waals surface area contributed by atoms with Crippen LogP contribution in [-0.4, -0.2) is 12.6 Å². The van der Waals surface area contributed by atoms with Crippen LogP contribution in [0, 0.1) is 0 Å². The molecule has 0 atom stereocenters. The third-order valence-corrected chi connectivity index (χ3v) is 1.73. The largest absolute Gasteiger partial charge is 0.466 e. The Kier molecular flexibility index (Phi) is 9.28. The predicted molar refractivity (Wildman–Crippen MR) is 59.1 cm³/mol. The summed E-state index contributed by atoms with van der Waals surface area (Å²) in [6.07, 6.45) is 11.7. The van der Waals surface area contributed by atoms with Gasteiger partial charge >= 0.3 is 5.97 Å². The molecule has 0 N–H and O–H groups in total. The summed E-state index contributed by atoms with van der Waals surface area (Å²) in [7, 11) is 0. The quantitative estimate of drug-likeness (QED) is 0.355. The van der Waals surface area contributed by atoms with E-state index in [1.807, 2.05) is 19.9 Å². The Bertz CT molecular complexity index is 192. The second-order valence-electron chi connectivity index (χ2n) is 2.97. The molecule has 0 aromatic rings. The Labute approximate surface area is 86.6 Å². The van der Waals surface area contributed by atoms with Gasteiger partial charge in [-0.3, -0.25) is 4.79 Å². The molecule has 14 heavy (non-hydrogen) atoms. The van der Waals surface area contributed by atoms with Crippen molar-refractivity contribution in [2.75, 3.05) is 6.61 Å². The zero-order valence-corrected chi connectivity index (χ0v) is 9.16. The van der Waals surface area contributed by atoms with Crippen molar-refractivity contribution in [2.45, 2.75) is 39.5 Å². The van der Waals surface area contributed by atoms with E-state index in [-0.39, 0.29) is 5.97 Å². The molecule has 0 unspecified atom stereocenters. The Hall–Kier alpha value is -1.05. The molecule has 80 valence electrons. The predicted octanol–water partition coefficient (Wildman–Crippen LogP) is 3.24. The molecule has 2 heteroatoms. The highest BCUT2D eigenvalue weighted by molar-refractivity contribution is 5.69. The standard InChI is InChI=1S/C12H20O2/c1-3-5-6-7-8-9-10-11-12(13)14-4-2/h3,5,7-8H,4,6,9-11H2,1-2H3/b5-3+,8-7+. The van der Waals surface area contributed by atoms with Crippen LogP contribution in [0.2, 0.25) is 0 Å². The molecule has 0 saturated carbocycles. The molecule has 0 aliphatic rings. The number of ether oxygens (including phenoxy) is 1. The van der Waals surface area contributed by atoms with E-state index in [0.29, 0.717) is 13.0 Å². The fraction of sp³-hybridized carbons (Fsp3) is 0.583. The lowest BCUT2D eigenvalue weighted by atomic mass is 10.2. The normalized spacial score (nSPS) is 11.3. The van der Waals surface area contributed by atoms with Gasteiger partial charge in [0, 0.05) is 6.42 Å². The van der Waals surface area contributed by atoms with Crippen LogP contribution in [0.25, 0.3) is 0 Å². The van der Waals surface area contributed by atoms with Crippen molar-refractivity contribution >= 4 is 5.97 Å². The van der Waals surface area contributed by atoms with Crippen LogP contribution in [0.3, 0.4) is 0 Å². The van der Waals surface area contributed by atoms with Crippen molar-refractivity contribution in [3.63, 3.8) is 0 Å². The molecule has 0 aromatic heterocycles. The maximum absolute atomic E-state index is 10.9. The van der Waals surface area contributed by atoms with Gasteiger partial charge in [0.2, 0.25) is 0 Å². The Morgan fingerprint density at radius 1 is 1.29 bits per heavy atom. The summed E-state index contributed by atoms with van der Waals surface area (Å²) >= 11 is 0. The van der Waals surface area contributed by atoms with Gasteiger partial charge in [-0.15, -0.1) is 0 Å². The molecule has 0 saturated heterocycles. The second kappa shape index (κ2) is 10.0. The van der Waals surface area contributed by atoms with Crippen molar-refractivity contribution in [1.29, 1.82) is 0 Å². The van der Waals surface area contributed by atoms with Crippen molar-refractivity contribution < 1.29 is 9.53 Å². The van der Waals surface area contributed by atoms with Crippen LogP contribution in [0.15, 0.2) is 24.3 Å². The summed E-state index contributed by atoms with van der Waals surface area (Å²) in [5.74, 6) is -0.0886. The lowest BCUT2D eigenvalue weighted by Gasteiger charge is -1.98. The van der Waals surface area contributed by atoms with Gasteiger partial charge in [0.25, 0.3) is 0 Å². The summed E-state index contributed by atoms with van der Waals surface area (Å²) in [6, 6.07) is 0. The number of hydrogen-bond donors (Lipinski definition) is 0. The Morgan fingerprint density at radius 2 is 2.07 bits per heavy atom. The zero-order valence-electron chi connectivity index (χ0n) is 9.16. The first kappa shape index (κ1) is 12.9. The highest BCUT2D eigenvalue weighted by Gasteiger charge is 1.98. The first-order chi connectivity index (χ1) is 6.81. The topological polar surface area (TPSA) is 26.3 Å². The van der Waals surface area contributed by atoms with Gasteiger partial charge in [-0.2, -0.15) is 0 Å². The van der Waals surface area contributed by atoms with E-state index < -0.39 is 0 Å². The van der Waals surface area contributed by atoms with Gasteiger partial charge in [0.05, 0.1) is 6.61 Å². The number of hydrogen-bond acceptors (Lipinski definition) is 2. The third-order valence-electron chi connectivity index (χ3n) is 1.73. The number of esters is 1. The van der Waals surface area contributed by atoms with E-state index in [1.165, 1.54) is 0 Å². The van der Waals surface area contributed by atoms with Gasteiger partial charge < -0.3 is 4.74 Å². The summed E-state index contributed by atoms with van der Waals surface area (Å²) in [4.78, 5) is 10.9.